The van der Waals surface area contributed by atoms with Gasteiger partial charge in [-0.2, -0.15) is 4.98 Å². The number of nitrogens with zero attached hydrogens (tertiary/aromatic N) is 4. The summed E-state index contributed by atoms with van der Waals surface area (Å²) in [5.74, 6) is 1.12. The normalized spacial score (nSPS) is 10.3. The number of ether oxygens (including phenoxy) is 1. The fourth-order valence-electron chi connectivity index (χ4n) is 2.76. The lowest BCUT2D eigenvalue weighted by molar-refractivity contribution is 0.0927. The summed E-state index contributed by atoms with van der Waals surface area (Å²) in [6.07, 6.45) is 0. The number of benzene rings is 2. The lowest BCUT2D eigenvalue weighted by Gasteiger charge is -2.08. The van der Waals surface area contributed by atoms with Crippen LogP contribution in [0.1, 0.15) is 10.6 Å². The van der Waals surface area contributed by atoms with E-state index in [2.05, 4.69) is 58.4 Å². The molecule has 0 atom stereocenters. The number of amides is 1. The minimum absolute atomic E-state index is 0.102. The second kappa shape index (κ2) is 11.3. The zero-order valence-corrected chi connectivity index (χ0v) is 19.3. The molecule has 1 amide bonds. The largest absolute Gasteiger partial charge is 0.383 e. The fraction of sp³-hybridized carbons (Fsp3) is 0.190. The van der Waals surface area contributed by atoms with E-state index >= 15 is 0 Å². The number of halogens is 1. The highest BCUT2D eigenvalue weighted by atomic mass is 127. The van der Waals surface area contributed by atoms with E-state index in [0.29, 0.717) is 24.8 Å². The lowest BCUT2D eigenvalue weighted by Crippen LogP contribution is -2.27. The van der Waals surface area contributed by atoms with Crippen LogP contribution >= 0.6 is 22.6 Å². The van der Waals surface area contributed by atoms with E-state index in [1.54, 1.807) is 7.11 Å². The van der Waals surface area contributed by atoms with E-state index in [-0.39, 0.29) is 17.7 Å². The number of methoxy groups -OCH3 is 1. The first-order valence-corrected chi connectivity index (χ1v) is 11.6. The summed E-state index contributed by atoms with van der Waals surface area (Å²) in [6, 6.07) is 17.4. The standard InChI is InChI=1S/C20H19N7O2.CH3I/c1-29-12-11-21-19(28)18-25-20(27-26-18)24-17-14-9-5-6-10-15(14)22-16(23-17)13-7-3-2-4-8-13;1-2/h2-10H,11-12H2,1H3,(H,21,28)(H2,22,23,24,25,26,27);1H3. The number of H-pyrrole nitrogens is 1. The first kappa shape index (κ1) is 22.6. The number of hydrogen-bond donors (Lipinski definition) is 3. The summed E-state index contributed by atoms with van der Waals surface area (Å²) in [6.45, 7) is 0.802. The third-order valence-corrected chi connectivity index (χ3v) is 4.16. The molecule has 0 fully saturated rings. The van der Waals surface area contributed by atoms with Gasteiger partial charge in [0, 0.05) is 24.6 Å². The molecule has 0 bridgehead atoms. The van der Waals surface area contributed by atoms with Crippen molar-refractivity contribution in [3.8, 4) is 11.4 Å². The van der Waals surface area contributed by atoms with E-state index in [9.17, 15) is 4.79 Å². The van der Waals surface area contributed by atoms with Crippen LogP contribution in [-0.2, 0) is 4.74 Å². The summed E-state index contributed by atoms with van der Waals surface area (Å²) in [5, 5.41) is 13.3. The van der Waals surface area contributed by atoms with Crippen molar-refractivity contribution in [2.75, 3.05) is 30.5 Å². The van der Waals surface area contributed by atoms with Crippen LogP contribution in [0.3, 0.4) is 0 Å². The highest BCUT2D eigenvalue weighted by Crippen LogP contribution is 2.26. The number of carbonyl (C=O) groups excluding carboxylic acids is 1. The molecule has 0 radical (unpaired) electrons. The van der Waals surface area contributed by atoms with E-state index in [1.807, 2.05) is 59.5 Å². The minimum atomic E-state index is -0.361. The van der Waals surface area contributed by atoms with Crippen molar-refractivity contribution >= 4 is 51.2 Å². The minimum Gasteiger partial charge on any atom is -0.383 e. The molecule has 31 heavy (non-hydrogen) atoms. The summed E-state index contributed by atoms with van der Waals surface area (Å²) in [7, 11) is 1.57. The molecule has 0 unspecified atom stereocenters. The van der Waals surface area contributed by atoms with Gasteiger partial charge < -0.3 is 15.4 Å². The van der Waals surface area contributed by atoms with Crippen molar-refractivity contribution in [3.63, 3.8) is 0 Å². The van der Waals surface area contributed by atoms with Crippen LogP contribution < -0.4 is 10.6 Å². The molecule has 0 aliphatic carbocycles. The molecule has 2 aromatic carbocycles. The van der Waals surface area contributed by atoms with Crippen molar-refractivity contribution < 1.29 is 9.53 Å². The topological polar surface area (TPSA) is 118 Å². The predicted octanol–water partition coefficient (Wildman–Crippen LogP) is 3.59. The van der Waals surface area contributed by atoms with Gasteiger partial charge >= 0.3 is 0 Å². The molecule has 10 heteroatoms. The molecule has 2 aromatic heterocycles. The van der Waals surface area contributed by atoms with Gasteiger partial charge in [-0.3, -0.25) is 9.89 Å². The molecule has 2 heterocycles. The van der Waals surface area contributed by atoms with E-state index in [4.69, 9.17) is 4.74 Å². The zero-order chi connectivity index (χ0) is 22.1. The number of anilines is 2. The molecule has 4 rings (SSSR count). The van der Waals surface area contributed by atoms with Crippen molar-refractivity contribution in [1.82, 2.24) is 30.5 Å². The molecule has 0 aliphatic rings. The maximum absolute atomic E-state index is 12.1. The van der Waals surface area contributed by atoms with Crippen molar-refractivity contribution in [3.05, 3.63) is 60.4 Å². The second-order valence-electron chi connectivity index (χ2n) is 6.16. The van der Waals surface area contributed by atoms with Crippen LogP contribution in [-0.4, -0.2) is 56.2 Å². The fourth-order valence-corrected chi connectivity index (χ4v) is 2.76. The van der Waals surface area contributed by atoms with Gasteiger partial charge in [0.1, 0.15) is 5.82 Å². The lowest BCUT2D eigenvalue weighted by atomic mass is 10.2. The maximum atomic E-state index is 12.1. The zero-order valence-electron chi connectivity index (χ0n) is 17.1. The van der Waals surface area contributed by atoms with E-state index < -0.39 is 0 Å². The van der Waals surface area contributed by atoms with Gasteiger partial charge in [-0.05, 0) is 17.1 Å². The molecule has 0 aliphatic heterocycles. The summed E-state index contributed by atoms with van der Waals surface area (Å²) in [5.41, 5.74) is 1.69. The van der Waals surface area contributed by atoms with Crippen LogP contribution in [0, 0.1) is 0 Å². The van der Waals surface area contributed by atoms with Gasteiger partial charge in [0.15, 0.2) is 5.82 Å². The number of aromatic amines is 1. The van der Waals surface area contributed by atoms with Crippen LogP contribution in [0.5, 0.6) is 0 Å². The molecule has 0 saturated carbocycles. The quantitative estimate of drug-likeness (QED) is 0.190. The Morgan fingerprint density at radius 3 is 2.55 bits per heavy atom. The first-order valence-electron chi connectivity index (χ1n) is 9.41. The van der Waals surface area contributed by atoms with Gasteiger partial charge in [0.2, 0.25) is 11.8 Å². The smallest absolute Gasteiger partial charge is 0.288 e. The van der Waals surface area contributed by atoms with Crippen LogP contribution in [0.2, 0.25) is 0 Å². The second-order valence-corrected chi connectivity index (χ2v) is 6.16. The number of hydrogen-bond acceptors (Lipinski definition) is 7. The van der Waals surface area contributed by atoms with Gasteiger partial charge in [0.25, 0.3) is 5.91 Å². The highest BCUT2D eigenvalue weighted by molar-refractivity contribution is 14.1. The van der Waals surface area contributed by atoms with Crippen molar-refractivity contribution in [2.45, 2.75) is 0 Å². The Kier molecular flexibility index (Phi) is 8.24. The maximum Gasteiger partial charge on any atom is 0.288 e. The summed E-state index contributed by atoms with van der Waals surface area (Å²) in [4.78, 5) is 27.6. The monoisotopic (exact) mass is 531 g/mol. The van der Waals surface area contributed by atoms with E-state index in [1.165, 1.54) is 0 Å². The Balaban J connectivity index is 0.00000132. The molecule has 9 nitrogen and oxygen atoms in total. The number of nitrogens with one attached hydrogen (secondary N) is 3. The summed E-state index contributed by atoms with van der Waals surface area (Å²) < 4.78 is 4.91. The van der Waals surface area contributed by atoms with E-state index in [0.717, 1.165) is 16.5 Å². The SMILES string of the molecule is CI.COCCNC(=O)c1nc(Nc2nc(-c3ccccc3)nc3ccccc23)n[nH]1. The Morgan fingerprint density at radius 2 is 1.77 bits per heavy atom. The van der Waals surface area contributed by atoms with Gasteiger partial charge in [0.05, 0.1) is 12.1 Å². The van der Waals surface area contributed by atoms with Crippen molar-refractivity contribution in [1.29, 1.82) is 0 Å². The number of alkyl halides is 1. The highest BCUT2D eigenvalue weighted by Gasteiger charge is 2.14. The third kappa shape index (κ3) is 5.73. The average Bonchev–Trinajstić information content (AvgIpc) is 3.30. The summed E-state index contributed by atoms with van der Waals surface area (Å²) >= 11 is 2.15. The van der Waals surface area contributed by atoms with Crippen LogP contribution in [0.25, 0.3) is 22.3 Å². The molecule has 0 spiro atoms. The number of para-hydroxylation sites is 1. The predicted molar refractivity (Wildman–Crippen MR) is 129 cm³/mol. The molecule has 3 N–H and O–H groups in total. The Morgan fingerprint density at radius 1 is 1.03 bits per heavy atom. The third-order valence-electron chi connectivity index (χ3n) is 4.16. The van der Waals surface area contributed by atoms with Gasteiger partial charge in [-0.15, -0.1) is 5.10 Å². The molecule has 160 valence electrons. The Labute approximate surface area is 193 Å². The number of aromatic nitrogens is 5. The molecular formula is C21H22IN7O2. The Bertz CT molecular complexity index is 1140. The van der Waals surface area contributed by atoms with Crippen LogP contribution in [0.15, 0.2) is 54.6 Å². The van der Waals surface area contributed by atoms with Crippen molar-refractivity contribution in [2.24, 2.45) is 0 Å². The van der Waals surface area contributed by atoms with Crippen LogP contribution in [0.4, 0.5) is 11.8 Å². The molecule has 0 saturated heterocycles. The Hall–Kier alpha value is -3.12. The molecular weight excluding hydrogens is 509 g/mol. The number of fused-ring (bicyclic) bond motifs is 1. The van der Waals surface area contributed by atoms with Gasteiger partial charge in [-0.25, -0.2) is 9.97 Å². The average molecular weight is 531 g/mol. The number of carbonyl (C=O) groups is 1. The first-order chi connectivity index (χ1) is 15.2. The molecule has 4 aromatic rings. The van der Waals surface area contributed by atoms with Gasteiger partial charge in [-0.1, -0.05) is 65.1 Å². The number of rotatable bonds is 7.